The molecular weight excluding hydrogens is 428 g/mol. The van der Waals surface area contributed by atoms with Gasteiger partial charge in [-0.15, -0.1) is 0 Å². The number of hydrogen-bond donors (Lipinski definition) is 0. The average molecular weight is 495 g/mol. The molecule has 0 unspecified atom stereocenters. The van der Waals surface area contributed by atoms with E-state index in [2.05, 4.69) is 20.8 Å². The van der Waals surface area contributed by atoms with Crippen LogP contribution in [0.4, 0.5) is 0 Å². The predicted molar refractivity (Wildman–Crippen MR) is 156 cm³/mol. The van der Waals surface area contributed by atoms with Crippen LogP contribution in [0.2, 0.25) is 0 Å². The van der Waals surface area contributed by atoms with E-state index in [-0.39, 0.29) is 11.4 Å². The third-order valence-corrected chi connectivity index (χ3v) is 8.18. The molecule has 0 saturated heterocycles. The molecule has 0 aromatic carbocycles. The molecule has 0 atom stereocenters. The maximum Gasteiger partial charge on any atom is 0.306 e. The number of ether oxygens (including phenoxy) is 1. The van der Waals surface area contributed by atoms with E-state index in [0.29, 0.717) is 6.42 Å². The highest BCUT2D eigenvalue weighted by Crippen LogP contribution is 2.41. The first-order valence-electron chi connectivity index (χ1n) is 16.2. The third kappa shape index (κ3) is 22.4. The van der Waals surface area contributed by atoms with Gasteiger partial charge in [-0.3, -0.25) is 4.79 Å². The molecular formula is C33H66O2. The standard InChI is InChI=1S/C33H66O2/c1-5-8-11-14-17-20-23-26-29-33(31-32(34)35-4,28-25-22-19-16-13-10-7-3)30-27-24-21-18-15-12-9-6-2/h5-31H2,1-4H3. The van der Waals surface area contributed by atoms with E-state index >= 15 is 0 Å². The summed E-state index contributed by atoms with van der Waals surface area (Å²) in [7, 11) is 1.58. The van der Waals surface area contributed by atoms with Gasteiger partial charge in [0.1, 0.15) is 0 Å². The van der Waals surface area contributed by atoms with Crippen LogP contribution in [-0.4, -0.2) is 13.1 Å². The summed E-state index contributed by atoms with van der Waals surface area (Å²) in [5.41, 5.74) is 0.181. The highest BCUT2D eigenvalue weighted by atomic mass is 16.5. The SMILES string of the molecule is CCCCCCCCCCC(CCCCCCCCC)(CCCCCCCCCC)CC(=O)OC. The van der Waals surface area contributed by atoms with E-state index in [9.17, 15) is 4.79 Å². The van der Waals surface area contributed by atoms with Crippen molar-refractivity contribution < 1.29 is 9.53 Å². The van der Waals surface area contributed by atoms with E-state index in [4.69, 9.17) is 4.74 Å². The van der Waals surface area contributed by atoms with Crippen LogP contribution in [0.5, 0.6) is 0 Å². The van der Waals surface area contributed by atoms with Gasteiger partial charge in [0, 0.05) is 0 Å². The lowest BCUT2D eigenvalue weighted by atomic mass is 9.71. The first-order chi connectivity index (χ1) is 17.1. The van der Waals surface area contributed by atoms with Crippen molar-refractivity contribution in [3.8, 4) is 0 Å². The largest absolute Gasteiger partial charge is 0.469 e. The van der Waals surface area contributed by atoms with E-state index in [0.717, 1.165) is 0 Å². The van der Waals surface area contributed by atoms with Gasteiger partial charge in [0.05, 0.1) is 13.5 Å². The molecule has 0 amide bonds. The van der Waals surface area contributed by atoms with Crippen LogP contribution in [0.15, 0.2) is 0 Å². The van der Waals surface area contributed by atoms with Crippen molar-refractivity contribution in [2.75, 3.05) is 7.11 Å². The van der Waals surface area contributed by atoms with Crippen molar-refractivity contribution in [2.45, 2.75) is 194 Å². The second-order valence-corrected chi connectivity index (χ2v) is 11.6. The van der Waals surface area contributed by atoms with Gasteiger partial charge in [-0.05, 0) is 24.7 Å². The number of methoxy groups -OCH3 is 1. The summed E-state index contributed by atoms with van der Waals surface area (Å²) >= 11 is 0. The van der Waals surface area contributed by atoms with Crippen molar-refractivity contribution in [2.24, 2.45) is 5.41 Å². The quantitative estimate of drug-likeness (QED) is 0.0798. The molecule has 0 rings (SSSR count). The number of carbonyl (C=O) groups excluding carboxylic acids is 1. The molecule has 0 aliphatic carbocycles. The molecule has 0 aromatic heterocycles. The minimum Gasteiger partial charge on any atom is -0.469 e. The van der Waals surface area contributed by atoms with Crippen molar-refractivity contribution in [1.29, 1.82) is 0 Å². The summed E-state index contributed by atoms with van der Waals surface area (Å²) < 4.78 is 5.20. The number of hydrogen-bond acceptors (Lipinski definition) is 2. The van der Waals surface area contributed by atoms with Crippen molar-refractivity contribution >= 4 is 5.97 Å². The Morgan fingerprint density at radius 3 is 0.971 bits per heavy atom. The summed E-state index contributed by atoms with van der Waals surface area (Å²) in [6, 6.07) is 0. The van der Waals surface area contributed by atoms with Gasteiger partial charge in [0.2, 0.25) is 0 Å². The van der Waals surface area contributed by atoms with Gasteiger partial charge in [0.15, 0.2) is 0 Å². The Labute approximate surface area is 222 Å². The first-order valence-corrected chi connectivity index (χ1v) is 16.2. The zero-order valence-corrected chi connectivity index (χ0v) is 24.9. The Balaban J connectivity index is 4.68. The molecule has 0 saturated carbocycles. The molecule has 0 spiro atoms. The molecule has 2 heteroatoms. The summed E-state index contributed by atoms with van der Waals surface area (Å²) in [4.78, 5) is 12.5. The Hall–Kier alpha value is -0.530. The Morgan fingerprint density at radius 1 is 0.457 bits per heavy atom. The Bertz CT molecular complexity index is 411. The Morgan fingerprint density at radius 2 is 0.714 bits per heavy atom. The van der Waals surface area contributed by atoms with Crippen LogP contribution in [0, 0.1) is 5.41 Å². The van der Waals surface area contributed by atoms with Gasteiger partial charge in [-0.25, -0.2) is 0 Å². The maximum atomic E-state index is 12.5. The van der Waals surface area contributed by atoms with Crippen LogP contribution >= 0.6 is 0 Å². The number of esters is 1. The minimum atomic E-state index is 0.0204. The van der Waals surface area contributed by atoms with Crippen LogP contribution in [-0.2, 0) is 9.53 Å². The van der Waals surface area contributed by atoms with E-state index in [1.54, 1.807) is 7.11 Å². The van der Waals surface area contributed by atoms with Crippen molar-refractivity contribution in [3.63, 3.8) is 0 Å². The van der Waals surface area contributed by atoms with Crippen LogP contribution in [0.3, 0.4) is 0 Å². The summed E-state index contributed by atoms with van der Waals surface area (Å²) in [5.74, 6) is 0.0204. The highest BCUT2D eigenvalue weighted by Gasteiger charge is 2.32. The lowest BCUT2D eigenvalue weighted by Crippen LogP contribution is -2.26. The van der Waals surface area contributed by atoms with Gasteiger partial charge in [-0.1, -0.05) is 168 Å². The molecule has 0 bridgehead atoms. The lowest BCUT2D eigenvalue weighted by molar-refractivity contribution is -0.144. The van der Waals surface area contributed by atoms with Crippen molar-refractivity contribution in [1.82, 2.24) is 0 Å². The van der Waals surface area contributed by atoms with E-state index < -0.39 is 0 Å². The molecule has 35 heavy (non-hydrogen) atoms. The third-order valence-electron chi connectivity index (χ3n) is 8.18. The molecule has 0 fully saturated rings. The second-order valence-electron chi connectivity index (χ2n) is 11.6. The van der Waals surface area contributed by atoms with Gasteiger partial charge in [0.25, 0.3) is 0 Å². The number of carbonyl (C=O) groups is 1. The van der Waals surface area contributed by atoms with Gasteiger partial charge in [-0.2, -0.15) is 0 Å². The fourth-order valence-corrected chi connectivity index (χ4v) is 5.74. The Kier molecular flexibility index (Phi) is 26.1. The minimum absolute atomic E-state index is 0.0204. The molecule has 0 aromatic rings. The van der Waals surface area contributed by atoms with E-state index in [1.807, 2.05) is 0 Å². The average Bonchev–Trinajstić information content (AvgIpc) is 2.86. The lowest BCUT2D eigenvalue weighted by Gasteiger charge is -2.34. The summed E-state index contributed by atoms with van der Waals surface area (Å²) in [6.07, 6.45) is 35.6. The van der Waals surface area contributed by atoms with Crippen LogP contribution in [0.25, 0.3) is 0 Å². The normalized spacial score (nSPS) is 11.8. The fraction of sp³-hybridized carbons (Fsp3) is 0.970. The van der Waals surface area contributed by atoms with Gasteiger partial charge < -0.3 is 4.74 Å². The molecule has 210 valence electrons. The van der Waals surface area contributed by atoms with Crippen molar-refractivity contribution in [3.05, 3.63) is 0 Å². The fourth-order valence-electron chi connectivity index (χ4n) is 5.74. The molecule has 2 nitrogen and oxygen atoms in total. The topological polar surface area (TPSA) is 26.3 Å². The second kappa shape index (κ2) is 26.5. The van der Waals surface area contributed by atoms with Crippen LogP contribution in [0.1, 0.15) is 194 Å². The number of unbranched alkanes of at least 4 members (excludes halogenated alkanes) is 20. The molecule has 0 aliphatic heterocycles. The van der Waals surface area contributed by atoms with Gasteiger partial charge >= 0.3 is 5.97 Å². The molecule has 0 aliphatic rings. The zero-order valence-electron chi connectivity index (χ0n) is 24.9. The predicted octanol–water partition coefficient (Wildman–Crippen LogP) is 11.7. The summed E-state index contributed by atoms with van der Waals surface area (Å²) in [6.45, 7) is 6.87. The molecule has 0 heterocycles. The molecule has 0 radical (unpaired) electrons. The number of rotatable bonds is 28. The van der Waals surface area contributed by atoms with E-state index in [1.165, 1.54) is 167 Å². The maximum absolute atomic E-state index is 12.5. The molecule has 0 N–H and O–H groups in total. The monoisotopic (exact) mass is 495 g/mol. The zero-order chi connectivity index (χ0) is 25.9. The summed E-state index contributed by atoms with van der Waals surface area (Å²) in [5, 5.41) is 0. The first kappa shape index (κ1) is 34.5. The smallest absolute Gasteiger partial charge is 0.306 e. The van der Waals surface area contributed by atoms with Crippen LogP contribution < -0.4 is 0 Å². The highest BCUT2D eigenvalue weighted by molar-refractivity contribution is 5.70.